The molecule has 6 unspecified atom stereocenters. The fraction of sp³-hybridized carbons (Fsp3) is 0.361. The van der Waals surface area contributed by atoms with Crippen molar-refractivity contribution in [1.82, 2.24) is 42.3 Å². The molecule has 9 N–H and O–H groups in total. The van der Waals surface area contributed by atoms with Gasteiger partial charge in [-0.2, -0.15) is 8.42 Å². The summed E-state index contributed by atoms with van der Waals surface area (Å²) in [6.07, 6.45) is -0.509. The zero-order valence-electron chi connectivity index (χ0n) is 47.2. The van der Waals surface area contributed by atoms with Crippen molar-refractivity contribution in [2.24, 2.45) is 0 Å². The molecule has 452 valence electrons. The van der Waals surface area contributed by atoms with Crippen LogP contribution in [0.3, 0.4) is 0 Å². The Hall–Kier alpha value is -9.00. The highest BCUT2D eigenvalue weighted by molar-refractivity contribution is 7.85. The van der Waals surface area contributed by atoms with Gasteiger partial charge in [0.25, 0.3) is 21.9 Å². The number of nitrogens with one attached hydrogen (secondary N) is 7. The van der Waals surface area contributed by atoms with E-state index in [0.717, 1.165) is 0 Å². The first kappa shape index (κ1) is 65.2. The van der Waals surface area contributed by atoms with Crippen LogP contribution in [0.5, 0.6) is 0 Å². The van der Waals surface area contributed by atoms with Crippen molar-refractivity contribution >= 4 is 63.7 Å². The number of urea groups is 1. The van der Waals surface area contributed by atoms with E-state index < -0.39 is 99.6 Å². The topological polar surface area (TPSA) is 325 Å². The molecule has 23 nitrogen and oxygen atoms in total. The minimum absolute atomic E-state index is 0.00723. The van der Waals surface area contributed by atoms with Crippen molar-refractivity contribution in [2.45, 2.75) is 94.4 Å². The summed E-state index contributed by atoms with van der Waals surface area (Å²) >= 11 is 0. The van der Waals surface area contributed by atoms with E-state index in [0.29, 0.717) is 65.4 Å². The van der Waals surface area contributed by atoms with Gasteiger partial charge >= 0.3 is 18.1 Å². The Morgan fingerprint density at radius 3 is 1.13 bits per heavy atom. The van der Waals surface area contributed by atoms with Crippen molar-refractivity contribution in [3.05, 3.63) is 179 Å². The van der Waals surface area contributed by atoms with Gasteiger partial charge in [0.05, 0.1) is 32.4 Å². The van der Waals surface area contributed by atoms with Gasteiger partial charge in [-0.15, -0.1) is 5.06 Å². The van der Waals surface area contributed by atoms with Crippen molar-refractivity contribution < 1.29 is 70.5 Å². The molecular weight excluding hydrogens is 1110 g/mol. The molecule has 6 atom stereocenters. The van der Waals surface area contributed by atoms with Gasteiger partial charge < -0.3 is 51.6 Å². The van der Waals surface area contributed by atoms with E-state index in [1.807, 2.05) is 7.05 Å². The van der Waals surface area contributed by atoms with Gasteiger partial charge in [0.15, 0.2) is 0 Å². The van der Waals surface area contributed by atoms with E-state index in [1.54, 1.807) is 152 Å². The molecule has 0 aliphatic carbocycles. The van der Waals surface area contributed by atoms with E-state index >= 15 is 0 Å². The molecule has 6 rings (SSSR count). The quantitative estimate of drug-likeness (QED) is 0.0126. The number of carbonyl (C=O) groups is 9. The van der Waals surface area contributed by atoms with Crippen LogP contribution in [0, 0.1) is 0 Å². The number of aliphatic carboxylic acids is 1. The molecule has 1 saturated heterocycles. The van der Waals surface area contributed by atoms with Gasteiger partial charge in [-0.05, 0) is 27.8 Å². The fourth-order valence-electron chi connectivity index (χ4n) is 9.64. The molecule has 0 aromatic heterocycles. The highest BCUT2D eigenvalue weighted by Crippen LogP contribution is 2.15. The number of carboxylic acids is 1. The Morgan fingerprint density at radius 1 is 0.482 bits per heavy atom. The Labute approximate surface area is 493 Å². The normalized spacial score (nSPS) is 14.7. The molecular formula is C61H74N9O14S+. The summed E-state index contributed by atoms with van der Waals surface area (Å²) in [5.74, 6) is -6.07. The highest BCUT2D eigenvalue weighted by atomic mass is 32.2. The summed E-state index contributed by atoms with van der Waals surface area (Å²) < 4.78 is 32.9. The number of rotatable bonds is 33. The molecule has 1 fully saturated rings. The average Bonchev–Trinajstić information content (AvgIpc) is 3.95. The Balaban J connectivity index is 1.16. The zero-order chi connectivity index (χ0) is 61.2. The number of nitrogens with zero attached hydrogens (tertiary/aromatic N) is 2. The van der Waals surface area contributed by atoms with Gasteiger partial charge in [-0.1, -0.05) is 152 Å². The third-order valence-electron chi connectivity index (χ3n) is 14.1. The molecule has 0 radical (unpaired) electrons. The molecule has 9 amide bonds. The second kappa shape index (κ2) is 32.7. The fourth-order valence-corrected chi connectivity index (χ4v) is 10.1. The molecule has 5 aromatic rings. The molecule has 24 heteroatoms. The average molecular weight is 1190 g/mol. The van der Waals surface area contributed by atoms with Crippen molar-refractivity contribution in [1.29, 1.82) is 0 Å². The van der Waals surface area contributed by atoms with E-state index in [9.17, 15) is 61.2 Å². The van der Waals surface area contributed by atoms with Crippen LogP contribution in [0.25, 0.3) is 0 Å². The number of hydroxylamine groups is 2. The molecule has 0 saturated carbocycles. The van der Waals surface area contributed by atoms with Crippen molar-refractivity contribution in [3.63, 3.8) is 0 Å². The largest absolute Gasteiger partial charge is 0.480 e. The molecule has 1 heterocycles. The second-order valence-corrected chi connectivity index (χ2v) is 22.6. The molecule has 1 aliphatic heterocycles. The van der Waals surface area contributed by atoms with Crippen LogP contribution in [0.1, 0.15) is 59.9 Å². The number of carboxylic acid groups (broad SMARTS) is 1. The summed E-state index contributed by atoms with van der Waals surface area (Å²) in [7, 11) is -2.42. The van der Waals surface area contributed by atoms with Crippen LogP contribution >= 0.6 is 0 Å². The summed E-state index contributed by atoms with van der Waals surface area (Å²) in [4.78, 5) is 125. The van der Waals surface area contributed by atoms with Crippen LogP contribution in [-0.4, -0.2) is 157 Å². The molecule has 5 aromatic carbocycles. The number of benzene rings is 5. The van der Waals surface area contributed by atoms with E-state index in [-0.39, 0.29) is 68.9 Å². The molecule has 85 heavy (non-hydrogen) atoms. The molecule has 0 spiro atoms. The van der Waals surface area contributed by atoms with Gasteiger partial charge in [-0.25, -0.2) is 14.4 Å². The predicted octanol–water partition coefficient (Wildman–Crippen LogP) is 3.19. The summed E-state index contributed by atoms with van der Waals surface area (Å²) in [5.41, 5.74) is 3.29. The summed E-state index contributed by atoms with van der Waals surface area (Å²) in [5, 5.41) is 29.7. The number of hydrogen-bond acceptors (Lipinski definition) is 12. The van der Waals surface area contributed by atoms with E-state index in [2.05, 4.69) is 37.2 Å². The first-order valence-electron chi connectivity index (χ1n) is 28.0. The van der Waals surface area contributed by atoms with Crippen LogP contribution in [0.2, 0.25) is 0 Å². The van der Waals surface area contributed by atoms with Crippen LogP contribution < -0.4 is 37.2 Å². The van der Waals surface area contributed by atoms with Crippen LogP contribution in [0.15, 0.2) is 152 Å². The lowest BCUT2D eigenvalue weighted by atomic mass is 10.00. The molecule has 0 bridgehead atoms. The maximum absolute atomic E-state index is 14.8. The zero-order valence-corrected chi connectivity index (χ0v) is 48.0. The van der Waals surface area contributed by atoms with E-state index in [1.165, 1.54) is 0 Å². The lowest BCUT2D eigenvalue weighted by Crippen LogP contribution is -2.60. The maximum Gasteiger partial charge on any atom is 0.432 e. The minimum atomic E-state index is -4.26. The predicted molar refractivity (Wildman–Crippen MR) is 313 cm³/mol. The van der Waals surface area contributed by atoms with E-state index in [4.69, 9.17) is 4.84 Å². The molecule has 1 aliphatic rings. The van der Waals surface area contributed by atoms with Crippen molar-refractivity contribution in [3.8, 4) is 0 Å². The van der Waals surface area contributed by atoms with Gasteiger partial charge in [0.1, 0.15) is 30.2 Å². The number of imide groups is 1. The summed E-state index contributed by atoms with van der Waals surface area (Å²) in [6, 6.07) is 36.8. The number of quaternary nitrogens is 1. The Kier molecular flexibility index (Phi) is 25.1. The SMILES string of the molecule is C[N+](CCCNC(=O)NC(Cc1ccccc1)C(=O)NC(Cc1ccccc1)C(=O)NC(Cc1ccccc1)C(=O)NC(Cc1ccccc1)C(=O)NC(Cc1ccccc1)C(=O)O)(CCCNC(=O)ON1C(=O)CCC1=O)CCCS(=O)(=O)O. The minimum Gasteiger partial charge on any atom is -0.480 e. The van der Waals surface area contributed by atoms with Gasteiger partial charge in [0.2, 0.25) is 23.6 Å². The first-order chi connectivity index (χ1) is 40.7. The monoisotopic (exact) mass is 1190 g/mol. The standard InChI is InChI=1S/C61H73N9O14S/c1-70(36-19-37-85(81,82)83,35-18-33-63-61(80)84-69-53(71)30-31-54(69)72)34-17-32-62-60(79)68-51(41-46-26-13-5-14-27-46)58(76)66-49(39-44-22-9-3-10-23-44)56(74)64-48(38-43-20-7-2-8-21-43)55(73)65-50(40-45-24-11-4-12-25-45)57(75)67-52(59(77)78)42-47-28-15-6-16-29-47/h2-16,20-29,48-52H,17-19,30-42H2,1H3,(H8-,62,63,64,65,66,67,68,73,74,75,76,77,78,79,80,81,82,83)/p+1. The lowest BCUT2D eigenvalue weighted by Gasteiger charge is -2.35. The maximum atomic E-state index is 14.8. The lowest BCUT2D eigenvalue weighted by molar-refractivity contribution is -0.909. The number of hydrogen-bond donors (Lipinski definition) is 9. The smallest absolute Gasteiger partial charge is 0.432 e. The van der Waals surface area contributed by atoms with Crippen LogP contribution in [0.4, 0.5) is 9.59 Å². The Morgan fingerprint density at radius 2 is 0.788 bits per heavy atom. The third-order valence-corrected chi connectivity index (χ3v) is 14.9. The second-order valence-electron chi connectivity index (χ2n) is 21.0. The summed E-state index contributed by atoms with van der Waals surface area (Å²) in [6.45, 7) is 1.24. The van der Waals surface area contributed by atoms with Gasteiger partial charge in [0, 0.05) is 77.3 Å². The van der Waals surface area contributed by atoms with Crippen LogP contribution in [-0.2, 0) is 80.6 Å². The van der Waals surface area contributed by atoms with Crippen molar-refractivity contribution in [2.75, 3.05) is 45.5 Å². The first-order valence-corrected chi connectivity index (χ1v) is 29.6. The Bertz CT molecular complexity index is 3130. The highest BCUT2D eigenvalue weighted by Gasteiger charge is 2.35. The third kappa shape index (κ3) is 22.9. The number of carbonyl (C=O) groups excluding carboxylic acids is 8. The van der Waals surface area contributed by atoms with Gasteiger partial charge in [-0.3, -0.25) is 33.3 Å². The number of amides is 9.